The average molecular weight is 390 g/mol. The van der Waals surface area contributed by atoms with Crippen LogP contribution in [0.3, 0.4) is 0 Å². The number of urea groups is 1. The van der Waals surface area contributed by atoms with Gasteiger partial charge in [0.25, 0.3) is 0 Å². The normalized spacial score (nSPS) is 34.0. The first-order valence-corrected chi connectivity index (χ1v) is 10.5. The molecule has 8 nitrogen and oxygen atoms in total. The Kier molecular flexibility index (Phi) is 6.20. The molecule has 3 heterocycles. The molecule has 0 radical (unpaired) electrons. The van der Waals surface area contributed by atoms with Gasteiger partial charge in [0.05, 0.1) is 18.7 Å². The van der Waals surface area contributed by atoms with E-state index in [9.17, 15) is 19.3 Å². The Bertz CT molecular complexity index is 532. The standard InChI is InChI=1S/C15H23N2O6PS/c18-13(23-11-5-1-2-7-22-11)15(20,24-21)6-3-4-10-12-9(8-25-10)16-14(19)17-12/h9-12,20H,1-8H2,(H2,16,17,19)/t9-,10-,11?,12-,15?/m0/s1. The van der Waals surface area contributed by atoms with E-state index in [1.165, 1.54) is 0 Å². The number of thioether (sulfide) groups is 1. The Labute approximate surface area is 152 Å². The number of carbonyl (C=O) groups excluding carboxylic acids is 2. The summed E-state index contributed by atoms with van der Waals surface area (Å²) in [7, 11) is -0.667. The molecule has 5 atom stereocenters. The van der Waals surface area contributed by atoms with Gasteiger partial charge in [-0.2, -0.15) is 11.8 Å². The van der Waals surface area contributed by atoms with E-state index in [0.29, 0.717) is 25.9 Å². The zero-order valence-electron chi connectivity index (χ0n) is 13.8. The molecule has 25 heavy (non-hydrogen) atoms. The summed E-state index contributed by atoms with van der Waals surface area (Å²) in [5.74, 6) is -0.0528. The topological polar surface area (TPSA) is 114 Å². The SMILES string of the molecule is O=PC(O)(CCC[C@@H]1SC[C@@H]2NC(=O)N[C@@H]21)C(=O)OC1CCCCO1. The van der Waals surface area contributed by atoms with Crippen molar-refractivity contribution in [3.8, 4) is 0 Å². The van der Waals surface area contributed by atoms with Gasteiger partial charge in [-0.15, -0.1) is 0 Å². The first kappa shape index (κ1) is 18.9. The molecule has 2 unspecified atom stereocenters. The molecule has 3 aliphatic rings. The van der Waals surface area contributed by atoms with Gasteiger partial charge in [0, 0.05) is 17.4 Å². The van der Waals surface area contributed by atoms with Crippen LogP contribution in [0.2, 0.25) is 0 Å². The Morgan fingerprint density at radius 2 is 2.28 bits per heavy atom. The Balaban J connectivity index is 1.46. The van der Waals surface area contributed by atoms with Crippen LogP contribution in [0.4, 0.5) is 4.79 Å². The lowest BCUT2D eigenvalue weighted by Crippen LogP contribution is -2.39. The molecule has 3 N–H and O–H groups in total. The van der Waals surface area contributed by atoms with E-state index >= 15 is 0 Å². The van der Waals surface area contributed by atoms with Crippen LogP contribution in [0.1, 0.15) is 38.5 Å². The van der Waals surface area contributed by atoms with Crippen LogP contribution in [0, 0.1) is 0 Å². The summed E-state index contributed by atoms with van der Waals surface area (Å²) in [5.41, 5.74) is 0. The van der Waals surface area contributed by atoms with Crippen LogP contribution in [0.5, 0.6) is 0 Å². The van der Waals surface area contributed by atoms with E-state index < -0.39 is 26.1 Å². The zero-order valence-corrected chi connectivity index (χ0v) is 15.5. The molecule has 0 aliphatic carbocycles. The number of amides is 2. The molecule has 3 saturated heterocycles. The molecule has 0 aromatic rings. The fourth-order valence-electron chi connectivity index (χ4n) is 3.40. The smallest absolute Gasteiger partial charge is 0.352 e. The van der Waals surface area contributed by atoms with Crippen LogP contribution < -0.4 is 10.6 Å². The minimum absolute atomic E-state index is 0.0411. The molecule has 2 amide bonds. The molecule has 3 rings (SSSR count). The summed E-state index contributed by atoms with van der Waals surface area (Å²) in [6.45, 7) is 0.521. The number of carbonyl (C=O) groups is 2. The maximum atomic E-state index is 12.2. The van der Waals surface area contributed by atoms with Gasteiger partial charge in [-0.3, -0.25) is 4.57 Å². The highest BCUT2D eigenvalue weighted by atomic mass is 32.2. The number of ether oxygens (including phenoxy) is 2. The second kappa shape index (κ2) is 8.20. The fourth-order valence-corrected chi connectivity index (χ4v) is 5.32. The summed E-state index contributed by atoms with van der Waals surface area (Å²) in [6.07, 6.45) is 2.99. The van der Waals surface area contributed by atoms with Gasteiger partial charge in [0.15, 0.2) is 0 Å². The molecule has 0 aromatic heterocycles. The predicted molar refractivity (Wildman–Crippen MR) is 91.6 cm³/mol. The highest BCUT2D eigenvalue weighted by molar-refractivity contribution is 8.00. The van der Waals surface area contributed by atoms with Gasteiger partial charge in [-0.05, 0) is 32.1 Å². The van der Waals surface area contributed by atoms with Gasteiger partial charge >= 0.3 is 12.0 Å². The Hall–Kier alpha value is -0.890. The van der Waals surface area contributed by atoms with Crippen LogP contribution in [0.15, 0.2) is 0 Å². The van der Waals surface area contributed by atoms with Crippen molar-refractivity contribution < 1.29 is 28.7 Å². The van der Waals surface area contributed by atoms with E-state index in [2.05, 4.69) is 10.6 Å². The lowest BCUT2D eigenvalue weighted by molar-refractivity contribution is -0.198. The minimum atomic E-state index is -2.04. The second-order valence-electron chi connectivity index (χ2n) is 6.62. The molecular formula is C15H23N2O6PS. The van der Waals surface area contributed by atoms with E-state index in [4.69, 9.17) is 9.47 Å². The van der Waals surface area contributed by atoms with Crippen molar-refractivity contribution in [1.82, 2.24) is 10.6 Å². The lowest BCUT2D eigenvalue weighted by Gasteiger charge is -2.26. The van der Waals surface area contributed by atoms with E-state index in [1.807, 2.05) is 0 Å². The van der Waals surface area contributed by atoms with E-state index in [-0.39, 0.29) is 29.8 Å². The summed E-state index contributed by atoms with van der Waals surface area (Å²) in [6, 6.07) is 0.0522. The van der Waals surface area contributed by atoms with E-state index in [1.54, 1.807) is 11.8 Å². The maximum Gasteiger partial charge on any atom is 0.352 e. The van der Waals surface area contributed by atoms with Crippen LogP contribution in [-0.4, -0.2) is 58.4 Å². The van der Waals surface area contributed by atoms with Gasteiger partial charge in [-0.1, -0.05) is 0 Å². The summed E-state index contributed by atoms with van der Waals surface area (Å²) in [5, 5.41) is 14.3. The highest BCUT2D eigenvalue weighted by Gasteiger charge is 2.44. The second-order valence-corrected chi connectivity index (χ2v) is 8.82. The van der Waals surface area contributed by atoms with Gasteiger partial charge in [-0.25, -0.2) is 9.59 Å². The Morgan fingerprint density at radius 3 is 3.00 bits per heavy atom. The third-order valence-electron chi connectivity index (χ3n) is 4.81. The highest BCUT2D eigenvalue weighted by Crippen LogP contribution is 2.35. The third-order valence-corrected chi connectivity index (χ3v) is 7.02. The fraction of sp³-hybridized carbons (Fsp3) is 0.867. The molecule has 3 aliphatic heterocycles. The van der Waals surface area contributed by atoms with Gasteiger partial charge < -0.3 is 25.2 Å². The van der Waals surface area contributed by atoms with Gasteiger partial charge in [0.2, 0.25) is 20.1 Å². The number of esters is 1. The van der Waals surface area contributed by atoms with Crippen molar-refractivity contribution in [2.24, 2.45) is 0 Å². The van der Waals surface area contributed by atoms with Crippen molar-refractivity contribution >= 4 is 32.2 Å². The molecule has 140 valence electrons. The number of rotatable bonds is 7. The molecule has 0 spiro atoms. The predicted octanol–water partition coefficient (Wildman–Crippen LogP) is 1.37. The van der Waals surface area contributed by atoms with Crippen molar-refractivity contribution in [2.75, 3.05) is 12.4 Å². The molecule has 0 saturated carbocycles. The quantitative estimate of drug-likeness (QED) is 0.342. The Morgan fingerprint density at radius 1 is 1.44 bits per heavy atom. The molecule has 10 heteroatoms. The zero-order chi connectivity index (χ0) is 17.9. The number of hydrogen-bond acceptors (Lipinski definition) is 7. The van der Waals surface area contributed by atoms with E-state index in [0.717, 1.165) is 18.6 Å². The van der Waals surface area contributed by atoms with Crippen LogP contribution in [0.25, 0.3) is 0 Å². The first-order chi connectivity index (χ1) is 12.0. The molecule has 0 bridgehead atoms. The van der Waals surface area contributed by atoms with Crippen molar-refractivity contribution in [3.05, 3.63) is 0 Å². The van der Waals surface area contributed by atoms with Crippen LogP contribution >= 0.6 is 20.2 Å². The van der Waals surface area contributed by atoms with Crippen LogP contribution in [-0.2, 0) is 18.8 Å². The van der Waals surface area contributed by atoms with Crippen molar-refractivity contribution in [1.29, 1.82) is 0 Å². The maximum absolute atomic E-state index is 12.2. The van der Waals surface area contributed by atoms with Gasteiger partial charge in [0.1, 0.15) is 0 Å². The summed E-state index contributed by atoms with van der Waals surface area (Å²) < 4.78 is 21.9. The minimum Gasteiger partial charge on any atom is -0.433 e. The third kappa shape index (κ3) is 4.45. The molecule has 3 fully saturated rings. The summed E-state index contributed by atoms with van der Waals surface area (Å²) in [4.78, 5) is 23.6. The number of nitrogens with one attached hydrogen (secondary N) is 2. The largest absolute Gasteiger partial charge is 0.433 e. The summed E-state index contributed by atoms with van der Waals surface area (Å²) >= 11 is 1.76. The first-order valence-electron chi connectivity index (χ1n) is 8.60. The van der Waals surface area contributed by atoms with Crippen molar-refractivity contribution in [3.63, 3.8) is 0 Å². The average Bonchev–Trinajstić information content (AvgIpc) is 3.15. The number of aliphatic hydroxyl groups is 1. The monoisotopic (exact) mass is 390 g/mol. The molecular weight excluding hydrogens is 367 g/mol. The van der Waals surface area contributed by atoms with Crippen molar-refractivity contribution in [2.45, 2.75) is 67.5 Å². The number of hydrogen-bond donors (Lipinski definition) is 3. The molecule has 0 aromatic carbocycles. The lowest BCUT2D eigenvalue weighted by atomic mass is 10.0. The number of fused-ring (bicyclic) bond motifs is 1.